The van der Waals surface area contributed by atoms with Gasteiger partial charge in [-0.05, 0) is 38.5 Å². The van der Waals surface area contributed by atoms with E-state index in [-0.39, 0.29) is 0 Å². The van der Waals surface area contributed by atoms with Crippen molar-refractivity contribution in [1.29, 1.82) is 0 Å². The molecule has 16 heavy (non-hydrogen) atoms. The van der Waals surface area contributed by atoms with Crippen molar-refractivity contribution >= 4 is 18.1 Å². The lowest BCUT2D eigenvalue weighted by Crippen LogP contribution is -2.05. The van der Waals surface area contributed by atoms with Crippen LogP contribution in [0.2, 0.25) is 0 Å². The molecule has 4 heteroatoms. The van der Waals surface area contributed by atoms with Gasteiger partial charge >= 0.3 is 0 Å². The number of hydrogen-bond acceptors (Lipinski definition) is 3. The predicted octanol–water partition coefficient (Wildman–Crippen LogP) is 2.34. The van der Waals surface area contributed by atoms with Crippen LogP contribution in [-0.4, -0.2) is 20.4 Å². The lowest BCUT2D eigenvalue weighted by molar-refractivity contribution is 0.417. The molecule has 0 heterocycles. The lowest BCUT2D eigenvalue weighted by atomic mass is 10.3. The first-order valence-corrected chi connectivity index (χ1v) is 7.50. The molecule has 0 atom stereocenters. The van der Waals surface area contributed by atoms with Gasteiger partial charge in [-0.3, -0.25) is 0 Å². The van der Waals surface area contributed by atoms with Crippen LogP contribution in [0.5, 0.6) is 5.75 Å². The molecule has 0 spiro atoms. The number of nitrogens with one attached hydrogen (secondary N) is 1. The molecule has 3 nitrogen and oxygen atoms in total. The van der Waals surface area contributed by atoms with E-state index in [1.54, 1.807) is 33.4 Å². The third-order valence-electron chi connectivity index (χ3n) is 2.13. The molecule has 0 aliphatic carbocycles. The van der Waals surface area contributed by atoms with Crippen molar-refractivity contribution in [2.24, 2.45) is 0 Å². The maximum atomic E-state index is 11.9. The van der Waals surface area contributed by atoms with Crippen LogP contribution in [-0.2, 0) is 4.57 Å². The molecular formula is C12H16NO2P. The average Bonchev–Trinajstić information content (AvgIpc) is 2.24. The number of ether oxygens (including phenoxy) is 1. The highest BCUT2D eigenvalue weighted by molar-refractivity contribution is 7.70. The van der Waals surface area contributed by atoms with E-state index < -0.39 is 7.14 Å². The Morgan fingerprint density at radius 1 is 1.38 bits per heavy atom. The molecule has 0 radical (unpaired) electrons. The molecule has 0 aliphatic heterocycles. The third kappa shape index (κ3) is 3.05. The number of benzene rings is 1. The Morgan fingerprint density at radius 2 is 2.06 bits per heavy atom. The van der Waals surface area contributed by atoms with Crippen molar-refractivity contribution in [1.82, 2.24) is 0 Å². The minimum absolute atomic E-state index is 0.657. The van der Waals surface area contributed by atoms with E-state index in [9.17, 15) is 4.57 Å². The molecular weight excluding hydrogens is 221 g/mol. The second-order valence-electron chi connectivity index (χ2n) is 3.74. The minimum Gasteiger partial charge on any atom is -0.495 e. The summed E-state index contributed by atoms with van der Waals surface area (Å²) in [5.74, 6) is 3.40. The van der Waals surface area contributed by atoms with Gasteiger partial charge in [-0.1, -0.05) is 5.92 Å². The summed E-state index contributed by atoms with van der Waals surface area (Å²) in [5.41, 5.74) is 0.786. The monoisotopic (exact) mass is 237 g/mol. The Balaban J connectivity index is 3.15. The molecule has 0 unspecified atom stereocenters. The number of methoxy groups -OCH3 is 1. The highest BCUT2D eigenvalue weighted by atomic mass is 31.2. The van der Waals surface area contributed by atoms with E-state index in [1.165, 1.54) is 0 Å². The number of hydrogen-bond donors (Lipinski definition) is 1. The summed E-state index contributed by atoms with van der Waals surface area (Å²) in [4.78, 5) is 0. The van der Waals surface area contributed by atoms with Gasteiger partial charge in [-0.15, -0.1) is 0 Å². The Morgan fingerprint density at radius 3 is 2.56 bits per heavy atom. The van der Waals surface area contributed by atoms with E-state index in [1.807, 2.05) is 12.1 Å². The normalized spacial score (nSPS) is 10.2. The Hall–Kier alpha value is -1.39. The predicted molar refractivity (Wildman–Crippen MR) is 69.2 cm³/mol. The average molecular weight is 237 g/mol. The van der Waals surface area contributed by atoms with Gasteiger partial charge in [0.05, 0.1) is 12.8 Å². The standard InChI is InChI=1S/C12H16NO2P/c1-5-8-13-11-7-6-10(16(3,4)14)9-12(11)15-2/h6-7,9,13H,1-4H3. The van der Waals surface area contributed by atoms with Crippen LogP contribution < -0.4 is 15.4 Å². The zero-order chi connectivity index (χ0) is 12.2. The van der Waals surface area contributed by atoms with E-state index >= 15 is 0 Å². The lowest BCUT2D eigenvalue weighted by Gasteiger charge is -2.12. The van der Waals surface area contributed by atoms with Gasteiger partial charge in [0, 0.05) is 11.3 Å². The Bertz CT molecular complexity index is 480. The molecule has 0 saturated carbocycles. The van der Waals surface area contributed by atoms with Crippen LogP contribution in [0, 0.1) is 12.0 Å². The van der Waals surface area contributed by atoms with Gasteiger partial charge < -0.3 is 14.6 Å². The summed E-state index contributed by atoms with van der Waals surface area (Å²) >= 11 is 0. The summed E-state index contributed by atoms with van der Waals surface area (Å²) in [6.07, 6.45) is 0. The van der Waals surface area contributed by atoms with E-state index in [0.717, 1.165) is 11.0 Å². The molecule has 1 aromatic carbocycles. The number of rotatable bonds is 3. The molecule has 1 rings (SSSR count). The molecule has 1 N–H and O–H groups in total. The summed E-state index contributed by atoms with van der Waals surface area (Å²) < 4.78 is 17.1. The molecule has 0 aliphatic rings. The Labute approximate surface area is 96.6 Å². The van der Waals surface area contributed by atoms with Crippen LogP contribution in [0.1, 0.15) is 6.92 Å². The van der Waals surface area contributed by atoms with Crippen molar-refractivity contribution in [2.75, 3.05) is 25.8 Å². The topological polar surface area (TPSA) is 38.3 Å². The van der Waals surface area contributed by atoms with Gasteiger partial charge in [0.2, 0.25) is 0 Å². The largest absolute Gasteiger partial charge is 0.495 e. The molecule has 0 bridgehead atoms. The van der Waals surface area contributed by atoms with Crippen LogP contribution in [0.25, 0.3) is 0 Å². The van der Waals surface area contributed by atoms with Crippen molar-refractivity contribution in [3.8, 4) is 17.7 Å². The highest BCUT2D eigenvalue weighted by Crippen LogP contribution is 2.37. The molecule has 0 aromatic heterocycles. The van der Waals surface area contributed by atoms with Crippen molar-refractivity contribution in [3.05, 3.63) is 18.2 Å². The van der Waals surface area contributed by atoms with Crippen LogP contribution in [0.3, 0.4) is 0 Å². The maximum Gasteiger partial charge on any atom is 0.143 e. The highest BCUT2D eigenvalue weighted by Gasteiger charge is 2.13. The molecule has 86 valence electrons. The van der Waals surface area contributed by atoms with Crippen LogP contribution in [0.15, 0.2) is 18.2 Å². The van der Waals surface area contributed by atoms with Crippen molar-refractivity contribution < 1.29 is 9.30 Å². The third-order valence-corrected chi connectivity index (χ3v) is 3.65. The van der Waals surface area contributed by atoms with E-state index in [2.05, 4.69) is 17.3 Å². The van der Waals surface area contributed by atoms with Gasteiger partial charge in [0.25, 0.3) is 0 Å². The van der Waals surface area contributed by atoms with E-state index in [0.29, 0.717) is 5.75 Å². The van der Waals surface area contributed by atoms with Crippen LogP contribution in [0.4, 0.5) is 5.69 Å². The van der Waals surface area contributed by atoms with Gasteiger partial charge in [0.15, 0.2) is 0 Å². The zero-order valence-corrected chi connectivity index (χ0v) is 10.9. The summed E-state index contributed by atoms with van der Waals surface area (Å²) in [6.45, 7) is 5.22. The Kier molecular flexibility index (Phi) is 4.04. The van der Waals surface area contributed by atoms with Gasteiger partial charge in [-0.2, -0.15) is 0 Å². The second kappa shape index (κ2) is 5.09. The molecule has 0 amide bonds. The SMILES string of the molecule is CC#CNc1ccc(P(C)(C)=O)cc1OC. The minimum atomic E-state index is -2.25. The summed E-state index contributed by atoms with van der Waals surface area (Å²) in [5, 5.41) is 3.72. The fraction of sp³-hybridized carbons (Fsp3) is 0.333. The first kappa shape index (κ1) is 12.7. The zero-order valence-electron chi connectivity index (χ0n) is 10.00. The quantitative estimate of drug-likeness (QED) is 0.498. The smallest absolute Gasteiger partial charge is 0.143 e. The molecule has 1 aromatic rings. The fourth-order valence-corrected chi connectivity index (χ4v) is 2.11. The first-order chi connectivity index (χ1) is 7.49. The fourth-order valence-electron chi connectivity index (χ4n) is 1.25. The van der Waals surface area contributed by atoms with Crippen molar-refractivity contribution in [3.63, 3.8) is 0 Å². The molecule has 0 fully saturated rings. The van der Waals surface area contributed by atoms with E-state index in [4.69, 9.17) is 4.74 Å². The number of anilines is 1. The van der Waals surface area contributed by atoms with Gasteiger partial charge in [-0.25, -0.2) is 0 Å². The summed E-state index contributed by atoms with van der Waals surface area (Å²) in [7, 11) is -0.664. The van der Waals surface area contributed by atoms with Gasteiger partial charge in [0.1, 0.15) is 12.9 Å². The van der Waals surface area contributed by atoms with Crippen molar-refractivity contribution in [2.45, 2.75) is 6.92 Å². The van der Waals surface area contributed by atoms with Crippen LogP contribution >= 0.6 is 7.14 Å². The first-order valence-electron chi connectivity index (χ1n) is 4.90. The second-order valence-corrected chi connectivity index (χ2v) is 6.95. The summed E-state index contributed by atoms with van der Waals surface area (Å²) in [6, 6.07) is 8.21. The molecule has 0 saturated heterocycles. The maximum absolute atomic E-state index is 11.9.